The van der Waals surface area contributed by atoms with Crippen molar-refractivity contribution in [2.75, 3.05) is 13.2 Å². The third-order valence-corrected chi connectivity index (χ3v) is 16.3. The highest BCUT2D eigenvalue weighted by molar-refractivity contribution is 9.10. The van der Waals surface area contributed by atoms with Crippen LogP contribution in [0.15, 0.2) is 188 Å². The van der Waals surface area contributed by atoms with Crippen molar-refractivity contribution in [2.45, 2.75) is 44.8 Å². The number of nitrogens with zero attached hydrogens (tertiary/aromatic N) is 6. The van der Waals surface area contributed by atoms with Crippen LogP contribution in [0.2, 0.25) is 5.02 Å². The second kappa shape index (κ2) is 23.1. The first-order valence-electron chi connectivity index (χ1n) is 23.4. The van der Waals surface area contributed by atoms with Gasteiger partial charge in [-0.15, -0.1) is 10.2 Å². The van der Waals surface area contributed by atoms with Crippen molar-refractivity contribution in [3.05, 3.63) is 218 Å². The van der Waals surface area contributed by atoms with Crippen molar-refractivity contribution < 1.29 is 29.0 Å². The number of halogens is 2. The van der Waals surface area contributed by atoms with E-state index in [1.807, 2.05) is 35.2 Å². The molecule has 0 radical (unpaired) electrons. The second-order valence-electron chi connectivity index (χ2n) is 17.2. The van der Waals surface area contributed by atoms with Crippen LogP contribution in [-0.2, 0) is 17.8 Å². The van der Waals surface area contributed by atoms with Gasteiger partial charge in [-0.05, 0) is 109 Å². The van der Waals surface area contributed by atoms with Crippen molar-refractivity contribution in [3.63, 3.8) is 0 Å². The summed E-state index contributed by atoms with van der Waals surface area (Å²) in [5.74, 6) is 0.252. The number of tetrazole rings is 1. The number of hydrogen-bond acceptors (Lipinski definition) is 12. The summed E-state index contributed by atoms with van der Waals surface area (Å²) in [7, 11) is 0. The predicted octanol–water partition coefficient (Wildman–Crippen LogP) is 13.0. The van der Waals surface area contributed by atoms with Crippen molar-refractivity contribution in [1.29, 1.82) is 0 Å². The molecule has 3 heterocycles. The molecule has 0 saturated heterocycles. The summed E-state index contributed by atoms with van der Waals surface area (Å²) >= 11 is 12.8. The molecule has 3 N–H and O–H groups in total. The Kier molecular flexibility index (Phi) is 15.6. The molecule has 0 spiro atoms. The minimum Gasteiger partial charge on any atom is -0.465 e. The van der Waals surface area contributed by atoms with Gasteiger partial charge in [0, 0.05) is 68.3 Å². The smallest absolute Gasteiger partial charge is 0.410 e. The summed E-state index contributed by atoms with van der Waals surface area (Å²) in [6.07, 6.45) is 3.23. The number of pyridine rings is 2. The molecule has 14 nitrogen and oxygen atoms in total. The number of aromatic amines is 1. The number of carbonyl (C=O) groups is 4. The van der Waals surface area contributed by atoms with E-state index in [4.69, 9.17) is 21.4 Å². The Bertz CT molecular complexity index is 3520. The molecule has 2 aliphatic rings. The summed E-state index contributed by atoms with van der Waals surface area (Å²) < 4.78 is 7.17. The fourth-order valence-corrected chi connectivity index (χ4v) is 12.3. The first kappa shape index (κ1) is 50.6. The van der Waals surface area contributed by atoms with Gasteiger partial charge in [-0.2, -0.15) is 5.21 Å². The molecule has 9 aromatic rings. The number of aromatic nitrogens is 6. The second-order valence-corrected chi connectivity index (χ2v) is 20.5. The van der Waals surface area contributed by atoms with Crippen LogP contribution in [0.25, 0.3) is 33.6 Å². The number of rotatable bonds is 15. The van der Waals surface area contributed by atoms with Crippen LogP contribution in [-0.4, -0.2) is 78.5 Å². The number of H-pyrrole nitrogens is 1. The largest absolute Gasteiger partial charge is 0.465 e. The van der Waals surface area contributed by atoms with E-state index in [-0.39, 0.29) is 31.1 Å². The van der Waals surface area contributed by atoms with Crippen LogP contribution in [0.5, 0.6) is 0 Å². The van der Waals surface area contributed by atoms with Crippen molar-refractivity contribution >= 4 is 75.8 Å². The maximum atomic E-state index is 14.4. The highest BCUT2D eigenvalue weighted by atomic mass is 79.9. The normalized spacial score (nSPS) is 12.1. The fraction of sp³-hybridized carbons (Fsp3) is 0.105. The van der Waals surface area contributed by atoms with Crippen LogP contribution < -0.4 is 5.32 Å². The van der Waals surface area contributed by atoms with E-state index in [0.717, 1.165) is 21.2 Å². The van der Waals surface area contributed by atoms with Crippen LogP contribution in [0.3, 0.4) is 0 Å². The van der Waals surface area contributed by atoms with E-state index >= 15 is 0 Å². The monoisotopic (exact) mass is 1110 g/mol. The molecule has 75 heavy (non-hydrogen) atoms. The molecule has 0 bridgehead atoms. The molecule has 0 aliphatic heterocycles. The number of benzene rings is 6. The lowest BCUT2D eigenvalue weighted by atomic mass is 9.96. The number of ether oxygens (including phenoxy) is 1. The molecule has 3 aromatic heterocycles. The van der Waals surface area contributed by atoms with Gasteiger partial charge in [0.1, 0.15) is 16.7 Å². The highest BCUT2D eigenvalue weighted by Crippen LogP contribution is 2.47. The molecule has 2 aliphatic carbocycles. The van der Waals surface area contributed by atoms with Gasteiger partial charge < -0.3 is 20.1 Å². The Morgan fingerprint density at radius 2 is 1.28 bits per heavy atom. The number of nitrogens with one attached hydrogen (secondary N) is 2. The zero-order valence-corrected chi connectivity index (χ0v) is 43.4. The maximum absolute atomic E-state index is 14.4. The van der Waals surface area contributed by atoms with E-state index in [1.54, 1.807) is 48.8 Å². The van der Waals surface area contributed by atoms with Crippen LogP contribution >= 0.6 is 51.1 Å². The van der Waals surface area contributed by atoms with Gasteiger partial charge in [-0.3, -0.25) is 9.59 Å². The summed E-state index contributed by atoms with van der Waals surface area (Å²) in [5, 5.41) is 26.3. The minimum atomic E-state index is -1.17. The molecule has 2 amide bonds. The quantitative estimate of drug-likeness (QED) is 0.0822. The number of carbonyl (C=O) groups excluding carboxylic acids is 3. The van der Waals surface area contributed by atoms with Crippen molar-refractivity contribution in [3.8, 4) is 33.6 Å². The number of amides is 2. The zero-order chi connectivity index (χ0) is 51.8. The summed E-state index contributed by atoms with van der Waals surface area (Å²) in [4.78, 5) is 60.4. The molecular formula is C57H42BrClN8O6S2. The van der Waals surface area contributed by atoms with Crippen molar-refractivity contribution in [2.24, 2.45) is 0 Å². The highest BCUT2D eigenvalue weighted by Gasteiger charge is 2.34. The van der Waals surface area contributed by atoms with Gasteiger partial charge in [0.2, 0.25) is 5.82 Å². The van der Waals surface area contributed by atoms with Gasteiger partial charge in [-0.25, -0.2) is 19.6 Å². The molecule has 11 rings (SSSR count). The molecule has 372 valence electrons. The topological polar surface area (TPSA) is 193 Å². The molecule has 18 heteroatoms. The molecule has 0 saturated carbocycles. The molecular weight excluding hydrogens is 1070 g/mol. The van der Waals surface area contributed by atoms with E-state index < -0.39 is 6.09 Å². The maximum Gasteiger partial charge on any atom is 0.410 e. The first-order chi connectivity index (χ1) is 36.7. The lowest BCUT2D eigenvalue weighted by Crippen LogP contribution is -2.35. The average Bonchev–Trinajstić information content (AvgIpc) is 4.19. The molecule has 0 unspecified atom stereocenters. The van der Waals surface area contributed by atoms with Crippen LogP contribution in [0.1, 0.15) is 65.9 Å². The van der Waals surface area contributed by atoms with Crippen LogP contribution in [0.4, 0.5) is 9.59 Å². The van der Waals surface area contributed by atoms with Gasteiger partial charge in [0.25, 0.3) is 0 Å². The first-order valence-corrected chi connectivity index (χ1v) is 26.2. The van der Waals surface area contributed by atoms with E-state index in [1.165, 1.54) is 68.0 Å². The molecule has 0 fully saturated rings. The molecule has 0 atom stereocenters. The third kappa shape index (κ3) is 11.0. The van der Waals surface area contributed by atoms with Gasteiger partial charge in [0.05, 0.1) is 11.6 Å². The fourth-order valence-electron chi connectivity index (χ4n) is 9.38. The van der Waals surface area contributed by atoms with Crippen LogP contribution in [0, 0.1) is 0 Å². The number of hydrogen-bond donors (Lipinski definition) is 3. The summed E-state index contributed by atoms with van der Waals surface area (Å²) in [6, 6.07) is 49.8. The number of carboxylic acid groups (broad SMARTS) is 1. The Morgan fingerprint density at radius 3 is 1.83 bits per heavy atom. The van der Waals surface area contributed by atoms with E-state index in [2.05, 4.69) is 137 Å². The molecule has 6 aromatic carbocycles. The Labute approximate surface area is 452 Å². The zero-order valence-electron chi connectivity index (χ0n) is 39.5. The predicted molar refractivity (Wildman–Crippen MR) is 290 cm³/mol. The lowest BCUT2D eigenvalue weighted by molar-refractivity contribution is 0.0957. The van der Waals surface area contributed by atoms with E-state index in [0.29, 0.717) is 67.4 Å². The lowest BCUT2D eigenvalue weighted by Gasteiger charge is -2.28. The Hall–Kier alpha value is -7.96. The van der Waals surface area contributed by atoms with Gasteiger partial charge >= 0.3 is 12.2 Å². The third-order valence-electron chi connectivity index (χ3n) is 12.8. The minimum absolute atomic E-state index is 0.00628. The number of fused-ring (bicyclic) bond motifs is 6. The van der Waals surface area contributed by atoms with Gasteiger partial charge in [-0.1, -0.05) is 154 Å². The van der Waals surface area contributed by atoms with Gasteiger partial charge in [0.15, 0.2) is 12.6 Å². The Morgan fingerprint density at radius 1 is 0.720 bits per heavy atom. The standard InChI is InChI=1S/C42H31BrN2O3S.C15H11ClN6O3S/c43-39-20-9-21-40(49-41-27(25-46)11-10-22-44-41)37(39)24-45(23-36-32-16-5-1-12-28(32)29-13-2-6-17-33(29)36)42(47)48-26-38-34-18-7-3-14-30(34)31-15-4-8-19-35(31)38;16-11-5-9(13-19-21-22-20-13)4-10(6-18-15(24)25)12(11)26-14-8(7-23)2-1-3-17-14/h1-22,25,36,38H,23-24,26H2;1-5,7,18H,6H2,(H,24,25)(H,19,20,21,22). The number of aldehydes is 2. The SMILES string of the molecule is O=Cc1cccnc1Sc1c(Cl)cc(-c2nn[nH]n2)cc1CNC(=O)O.O=Cc1cccnc1Sc1cccc(Br)c1CN(CC1c2ccccc2-c2ccccc21)C(=O)OCC1c2ccccc2-c2ccccc21. The summed E-state index contributed by atoms with van der Waals surface area (Å²) in [5.41, 5.74) is 12.5. The van der Waals surface area contributed by atoms with E-state index in [9.17, 15) is 19.2 Å². The summed E-state index contributed by atoms with van der Waals surface area (Å²) in [6.45, 7) is 0.964. The average molecular weight is 1110 g/mol. The van der Waals surface area contributed by atoms with Crippen molar-refractivity contribution in [1.82, 2.24) is 40.8 Å². The Balaban J connectivity index is 0.000000208.